The predicted octanol–water partition coefficient (Wildman–Crippen LogP) is 2.91. The number of carbonyl (C=O) groups is 2. The van der Waals surface area contributed by atoms with Crippen LogP contribution < -0.4 is 5.32 Å². The lowest BCUT2D eigenvalue weighted by molar-refractivity contribution is -0.121. The van der Waals surface area contributed by atoms with Crippen molar-refractivity contribution >= 4 is 11.8 Å². The number of carbonyl (C=O) groups excluding carboxylic acids is 2. The average Bonchev–Trinajstić information content (AvgIpc) is 2.79. The van der Waals surface area contributed by atoms with Crippen LogP contribution in [0.3, 0.4) is 0 Å². The summed E-state index contributed by atoms with van der Waals surface area (Å²) in [6.45, 7) is 11.5. The Morgan fingerprint density at radius 2 is 1.95 bits per heavy atom. The summed E-state index contributed by atoms with van der Waals surface area (Å²) < 4.78 is 5.43. The highest BCUT2D eigenvalue weighted by molar-refractivity contribution is 5.95. The zero-order chi connectivity index (χ0) is 16.7. The lowest BCUT2D eigenvalue weighted by Crippen LogP contribution is -2.36. The van der Waals surface area contributed by atoms with E-state index in [1.54, 1.807) is 17.9 Å². The molecule has 0 saturated carbocycles. The van der Waals surface area contributed by atoms with Crippen molar-refractivity contribution in [3.8, 4) is 0 Å². The molecule has 1 aromatic heterocycles. The van der Waals surface area contributed by atoms with E-state index < -0.39 is 0 Å². The van der Waals surface area contributed by atoms with Gasteiger partial charge in [-0.05, 0) is 32.3 Å². The number of nitrogens with one attached hydrogen (secondary N) is 1. The van der Waals surface area contributed by atoms with Gasteiger partial charge in [0.2, 0.25) is 5.91 Å². The van der Waals surface area contributed by atoms with E-state index in [1.807, 2.05) is 13.8 Å². The van der Waals surface area contributed by atoms with Crippen molar-refractivity contribution in [1.82, 2.24) is 10.2 Å². The second kappa shape index (κ2) is 8.61. The predicted molar refractivity (Wildman–Crippen MR) is 86.8 cm³/mol. The molecular weight excluding hydrogens is 280 g/mol. The van der Waals surface area contributed by atoms with E-state index in [4.69, 9.17) is 4.42 Å². The zero-order valence-corrected chi connectivity index (χ0v) is 14.4. The minimum absolute atomic E-state index is 0.0114. The number of furan rings is 1. The van der Waals surface area contributed by atoms with Crippen molar-refractivity contribution in [2.75, 3.05) is 19.6 Å². The summed E-state index contributed by atoms with van der Waals surface area (Å²) in [4.78, 5) is 26.1. The molecule has 0 fully saturated rings. The first-order valence-electron chi connectivity index (χ1n) is 7.98. The van der Waals surface area contributed by atoms with Crippen molar-refractivity contribution < 1.29 is 14.0 Å². The monoisotopic (exact) mass is 308 g/mol. The number of nitrogens with zero attached hydrogens (tertiary/aromatic N) is 1. The fraction of sp³-hybridized carbons (Fsp3) is 0.647. The Hall–Kier alpha value is -1.78. The molecule has 1 heterocycles. The lowest BCUT2D eigenvalue weighted by Gasteiger charge is -2.21. The van der Waals surface area contributed by atoms with E-state index >= 15 is 0 Å². The quantitative estimate of drug-likeness (QED) is 0.803. The minimum atomic E-state index is -0.0622. The Morgan fingerprint density at radius 1 is 1.27 bits per heavy atom. The first-order chi connectivity index (χ1) is 10.3. The van der Waals surface area contributed by atoms with Crippen LogP contribution in [0.4, 0.5) is 0 Å². The third-order valence-electron chi connectivity index (χ3n) is 3.37. The maximum absolute atomic E-state index is 12.6. The molecule has 22 heavy (non-hydrogen) atoms. The molecule has 0 atom stereocenters. The highest BCUT2D eigenvalue weighted by Gasteiger charge is 2.20. The highest BCUT2D eigenvalue weighted by atomic mass is 16.3. The number of hydrogen-bond donors (Lipinski definition) is 1. The molecule has 0 bridgehead atoms. The molecular formula is C17H28N2O3. The summed E-state index contributed by atoms with van der Waals surface area (Å²) in [5.74, 6) is 1.71. The molecule has 1 N–H and O–H groups in total. The van der Waals surface area contributed by atoms with Crippen molar-refractivity contribution in [3.05, 3.63) is 23.2 Å². The lowest BCUT2D eigenvalue weighted by atomic mass is 10.2. The van der Waals surface area contributed by atoms with Crippen LogP contribution in [0.25, 0.3) is 0 Å². The van der Waals surface area contributed by atoms with Crippen LogP contribution >= 0.6 is 0 Å². The Balaban J connectivity index is 2.63. The molecule has 5 nitrogen and oxygen atoms in total. The van der Waals surface area contributed by atoms with Crippen molar-refractivity contribution in [2.45, 2.75) is 47.5 Å². The zero-order valence-electron chi connectivity index (χ0n) is 14.4. The van der Waals surface area contributed by atoms with Gasteiger partial charge in [0.25, 0.3) is 5.91 Å². The summed E-state index contributed by atoms with van der Waals surface area (Å²) in [7, 11) is 0. The molecule has 124 valence electrons. The molecule has 1 rings (SSSR count). The Morgan fingerprint density at radius 3 is 2.45 bits per heavy atom. The topological polar surface area (TPSA) is 62.6 Å². The second-order valence-corrected chi connectivity index (χ2v) is 6.07. The summed E-state index contributed by atoms with van der Waals surface area (Å²) in [6.07, 6.45) is 1.18. The minimum Gasteiger partial charge on any atom is -0.466 e. The van der Waals surface area contributed by atoms with Crippen LogP contribution in [0, 0.1) is 19.8 Å². The van der Waals surface area contributed by atoms with E-state index in [0.717, 1.165) is 12.2 Å². The molecule has 1 aromatic rings. The van der Waals surface area contributed by atoms with Gasteiger partial charge in [-0.3, -0.25) is 9.59 Å². The van der Waals surface area contributed by atoms with Gasteiger partial charge in [-0.15, -0.1) is 0 Å². The molecule has 0 spiro atoms. The largest absolute Gasteiger partial charge is 0.466 e. The van der Waals surface area contributed by atoms with Crippen LogP contribution in [-0.2, 0) is 4.79 Å². The van der Waals surface area contributed by atoms with Crippen LogP contribution in [0.1, 0.15) is 55.5 Å². The molecule has 0 saturated heterocycles. The Labute approximate surface area is 133 Å². The summed E-state index contributed by atoms with van der Waals surface area (Å²) in [5, 5.41) is 2.88. The molecule has 0 unspecified atom stereocenters. The van der Waals surface area contributed by atoms with Gasteiger partial charge in [0.1, 0.15) is 11.5 Å². The SMILES string of the molecule is CCCN(CCC(=O)NCC(C)C)C(=O)c1cc(C)oc1C. The molecule has 0 aliphatic rings. The number of rotatable bonds is 8. The molecule has 0 aromatic carbocycles. The van der Waals surface area contributed by atoms with Gasteiger partial charge in [0, 0.05) is 26.1 Å². The van der Waals surface area contributed by atoms with Crippen LogP contribution in [-0.4, -0.2) is 36.3 Å². The van der Waals surface area contributed by atoms with Gasteiger partial charge in [-0.25, -0.2) is 0 Å². The Kier molecular flexibility index (Phi) is 7.15. The summed E-state index contributed by atoms with van der Waals surface area (Å²) in [6, 6.07) is 1.76. The van der Waals surface area contributed by atoms with Crippen molar-refractivity contribution in [2.24, 2.45) is 5.92 Å². The van der Waals surface area contributed by atoms with Gasteiger partial charge in [0.05, 0.1) is 5.56 Å². The van der Waals surface area contributed by atoms with Crippen LogP contribution in [0.5, 0.6) is 0 Å². The number of hydrogen-bond acceptors (Lipinski definition) is 3. The van der Waals surface area contributed by atoms with Gasteiger partial charge in [-0.2, -0.15) is 0 Å². The standard InChI is InChI=1S/C17H28N2O3/c1-6-8-19(9-7-16(20)18-11-12(2)3)17(21)15-10-13(4)22-14(15)5/h10,12H,6-9,11H2,1-5H3,(H,18,20). The average molecular weight is 308 g/mol. The van der Waals surface area contributed by atoms with E-state index in [2.05, 4.69) is 19.2 Å². The van der Waals surface area contributed by atoms with E-state index in [1.165, 1.54) is 0 Å². The smallest absolute Gasteiger partial charge is 0.257 e. The van der Waals surface area contributed by atoms with E-state index in [-0.39, 0.29) is 11.8 Å². The maximum atomic E-state index is 12.6. The number of amides is 2. The third-order valence-corrected chi connectivity index (χ3v) is 3.37. The van der Waals surface area contributed by atoms with Gasteiger partial charge in [0.15, 0.2) is 0 Å². The first kappa shape index (κ1) is 18.3. The summed E-state index contributed by atoms with van der Waals surface area (Å²) in [5.41, 5.74) is 0.591. The normalized spacial score (nSPS) is 10.8. The Bertz CT molecular complexity index is 506. The van der Waals surface area contributed by atoms with E-state index in [9.17, 15) is 9.59 Å². The third kappa shape index (κ3) is 5.54. The van der Waals surface area contributed by atoms with Gasteiger partial charge in [-0.1, -0.05) is 20.8 Å². The van der Waals surface area contributed by atoms with Gasteiger partial charge < -0.3 is 14.6 Å². The van der Waals surface area contributed by atoms with E-state index in [0.29, 0.717) is 43.3 Å². The highest BCUT2D eigenvalue weighted by Crippen LogP contribution is 2.16. The van der Waals surface area contributed by atoms with Crippen LogP contribution in [0.15, 0.2) is 10.5 Å². The molecule has 0 aliphatic carbocycles. The maximum Gasteiger partial charge on any atom is 0.257 e. The molecule has 5 heteroatoms. The van der Waals surface area contributed by atoms with Crippen molar-refractivity contribution in [3.63, 3.8) is 0 Å². The molecule has 0 aliphatic heterocycles. The second-order valence-electron chi connectivity index (χ2n) is 6.07. The summed E-state index contributed by atoms with van der Waals surface area (Å²) >= 11 is 0. The molecule has 2 amide bonds. The van der Waals surface area contributed by atoms with Crippen LogP contribution in [0.2, 0.25) is 0 Å². The van der Waals surface area contributed by atoms with Gasteiger partial charge >= 0.3 is 0 Å². The first-order valence-corrected chi connectivity index (χ1v) is 7.98. The molecule has 0 radical (unpaired) electrons. The fourth-order valence-corrected chi connectivity index (χ4v) is 2.24. The van der Waals surface area contributed by atoms with Crippen molar-refractivity contribution in [1.29, 1.82) is 0 Å². The number of aryl methyl sites for hydroxylation is 2. The fourth-order valence-electron chi connectivity index (χ4n) is 2.24.